The van der Waals surface area contributed by atoms with Crippen molar-refractivity contribution in [2.45, 2.75) is 19.9 Å². The number of hydrogen-bond acceptors (Lipinski definition) is 7. The monoisotopic (exact) mass is 464 g/mol. The molecule has 1 unspecified atom stereocenters. The highest BCUT2D eigenvalue weighted by atomic mass is 32.1. The molecule has 0 bridgehead atoms. The lowest BCUT2D eigenvalue weighted by Gasteiger charge is -2.30. The number of aromatic nitrogens is 1. The molecular formula is C25H24N2O5S. The van der Waals surface area contributed by atoms with Gasteiger partial charge >= 0.3 is 0 Å². The molecule has 170 valence electrons. The van der Waals surface area contributed by atoms with Crippen molar-refractivity contribution in [1.29, 1.82) is 0 Å². The molecule has 1 aromatic carbocycles. The Morgan fingerprint density at radius 2 is 1.91 bits per heavy atom. The fourth-order valence-electron chi connectivity index (χ4n) is 3.86. The van der Waals surface area contributed by atoms with Crippen LogP contribution in [0.5, 0.6) is 5.88 Å². The first-order valence-corrected chi connectivity index (χ1v) is 11.3. The average Bonchev–Trinajstić information content (AvgIpc) is 3.46. The Balaban J connectivity index is 1.86. The van der Waals surface area contributed by atoms with Crippen LogP contribution < -0.4 is 9.64 Å². The summed E-state index contributed by atoms with van der Waals surface area (Å²) in [5.41, 5.74) is 1.72. The molecule has 33 heavy (non-hydrogen) atoms. The molecule has 0 saturated carbocycles. The minimum Gasteiger partial charge on any atom is -0.503 e. The quantitative estimate of drug-likeness (QED) is 0.541. The maximum Gasteiger partial charge on any atom is 0.294 e. The highest BCUT2D eigenvalue weighted by Crippen LogP contribution is 2.45. The maximum atomic E-state index is 13.4. The average molecular weight is 465 g/mol. The van der Waals surface area contributed by atoms with Gasteiger partial charge < -0.3 is 14.9 Å². The van der Waals surface area contributed by atoms with Crippen LogP contribution in [0.25, 0.3) is 11.1 Å². The van der Waals surface area contributed by atoms with Gasteiger partial charge in [0.15, 0.2) is 11.5 Å². The van der Waals surface area contributed by atoms with Gasteiger partial charge in [-0.25, -0.2) is 4.98 Å². The number of anilines is 1. The molecule has 1 aliphatic rings. The number of hydrogen-bond donors (Lipinski definition) is 2. The zero-order chi connectivity index (χ0) is 23.8. The van der Waals surface area contributed by atoms with E-state index in [9.17, 15) is 19.8 Å². The van der Waals surface area contributed by atoms with Gasteiger partial charge in [-0.05, 0) is 52.2 Å². The summed E-state index contributed by atoms with van der Waals surface area (Å²) in [6, 6.07) is 11.7. The van der Waals surface area contributed by atoms with Crippen molar-refractivity contribution in [3.63, 3.8) is 0 Å². The first-order valence-electron chi connectivity index (χ1n) is 10.3. The van der Waals surface area contributed by atoms with E-state index in [0.29, 0.717) is 11.3 Å². The number of benzene rings is 1. The number of nitrogens with zero attached hydrogens (tertiary/aromatic N) is 2. The second kappa shape index (κ2) is 8.80. The van der Waals surface area contributed by atoms with Crippen LogP contribution in [0.3, 0.4) is 0 Å². The molecule has 0 fully saturated rings. The highest BCUT2D eigenvalue weighted by Gasteiger charge is 2.48. The van der Waals surface area contributed by atoms with Crippen molar-refractivity contribution < 1.29 is 24.5 Å². The SMILES string of the molecule is COc1ncccc1C1C(C(=O)C(C)(C)CO)=C(O)C(=O)N1c1ccc(-c2ccsc2)cc1. The van der Waals surface area contributed by atoms with E-state index in [2.05, 4.69) is 4.98 Å². The zero-order valence-corrected chi connectivity index (χ0v) is 19.3. The summed E-state index contributed by atoms with van der Waals surface area (Å²) in [4.78, 5) is 32.3. The predicted molar refractivity (Wildman–Crippen MR) is 126 cm³/mol. The number of aliphatic hydroxyl groups is 2. The van der Waals surface area contributed by atoms with Crippen molar-refractivity contribution in [2.24, 2.45) is 5.41 Å². The Kier molecular flexibility index (Phi) is 6.05. The minimum absolute atomic E-state index is 0.0905. The van der Waals surface area contributed by atoms with Crippen molar-refractivity contribution >= 4 is 28.7 Å². The molecule has 1 amide bonds. The number of carbonyl (C=O) groups excluding carboxylic acids is 2. The summed E-state index contributed by atoms with van der Waals surface area (Å²) in [6.45, 7) is 2.69. The lowest BCUT2D eigenvalue weighted by molar-refractivity contribution is -0.125. The third kappa shape index (κ3) is 3.92. The molecule has 7 nitrogen and oxygen atoms in total. The summed E-state index contributed by atoms with van der Waals surface area (Å²) in [5.74, 6) is -1.63. The van der Waals surface area contributed by atoms with Crippen LogP contribution in [0.4, 0.5) is 5.69 Å². The Hall–Kier alpha value is -3.49. The molecular weight excluding hydrogens is 440 g/mol. The number of methoxy groups -OCH3 is 1. The van der Waals surface area contributed by atoms with E-state index in [1.54, 1.807) is 55.6 Å². The molecule has 3 aromatic rings. The molecule has 1 aliphatic heterocycles. The normalized spacial score (nSPS) is 16.4. The van der Waals surface area contributed by atoms with Gasteiger partial charge in [0.05, 0.1) is 24.7 Å². The summed E-state index contributed by atoms with van der Waals surface area (Å²) < 4.78 is 5.41. The maximum absolute atomic E-state index is 13.4. The smallest absolute Gasteiger partial charge is 0.294 e. The van der Waals surface area contributed by atoms with E-state index in [4.69, 9.17) is 4.74 Å². The number of ether oxygens (including phenoxy) is 1. The first-order chi connectivity index (χ1) is 15.8. The summed E-state index contributed by atoms with van der Waals surface area (Å²) in [7, 11) is 1.45. The number of pyridine rings is 1. The van der Waals surface area contributed by atoms with Gasteiger partial charge in [0.1, 0.15) is 6.04 Å². The van der Waals surface area contributed by atoms with Crippen LogP contribution >= 0.6 is 11.3 Å². The Bertz CT molecular complexity index is 1220. The van der Waals surface area contributed by atoms with Gasteiger partial charge in [-0.3, -0.25) is 14.5 Å². The molecule has 2 N–H and O–H groups in total. The Morgan fingerprint density at radius 1 is 1.18 bits per heavy atom. The third-order valence-electron chi connectivity index (χ3n) is 5.75. The van der Waals surface area contributed by atoms with E-state index in [1.165, 1.54) is 12.0 Å². The predicted octanol–water partition coefficient (Wildman–Crippen LogP) is 4.31. The zero-order valence-electron chi connectivity index (χ0n) is 18.5. The molecule has 0 saturated heterocycles. The number of Topliss-reactive ketones (excluding diaryl/α,β-unsaturated/α-hetero) is 1. The van der Waals surface area contributed by atoms with Gasteiger partial charge in [0, 0.05) is 17.4 Å². The molecule has 8 heteroatoms. The topological polar surface area (TPSA) is 100.0 Å². The van der Waals surface area contributed by atoms with Crippen molar-refractivity contribution in [2.75, 3.05) is 18.6 Å². The number of rotatable bonds is 7. The Morgan fingerprint density at radius 3 is 2.52 bits per heavy atom. The van der Waals surface area contributed by atoms with E-state index < -0.39 is 35.5 Å². The van der Waals surface area contributed by atoms with Gasteiger partial charge in [-0.2, -0.15) is 11.3 Å². The van der Waals surface area contributed by atoms with Gasteiger partial charge in [-0.1, -0.05) is 26.0 Å². The number of carbonyl (C=O) groups is 2. The van der Waals surface area contributed by atoms with Crippen LogP contribution in [0.15, 0.2) is 70.8 Å². The third-order valence-corrected chi connectivity index (χ3v) is 6.43. The molecule has 1 atom stereocenters. The van der Waals surface area contributed by atoms with Crippen molar-refractivity contribution in [3.05, 3.63) is 76.3 Å². The standard InChI is InChI=1S/C25H24N2O5S/c1-25(2,14-28)22(30)19-20(18-5-4-11-26-23(18)32-3)27(24(31)21(19)29)17-8-6-15(7-9-17)16-10-12-33-13-16/h4-13,20,28-29H,14H2,1-3H3. The summed E-state index contributed by atoms with van der Waals surface area (Å²) in [6.07, 6.45) is 1.54. The van der Waals surface area contributed by atoms with Gasteiger partial charge in [0.25, 0.3) is 5.91 Å². The summed E-state index contributed by atoms with van der Waals surface area (Å²) >= 11 is 1.59. The molecule has 2 aromatic heterocycles. The fourth-order valence-corrected chi connectivity index (χ4v) is 4.52. The summed E-state index contributed by atoms with van der Waals surface area (Å²) in [5, 5.41) is 24.6. The van der Waals surface area contributed by atoms with Crippen LogP contribution in [0, 0.1) is 5.41 Å². The van der Waals surface area contributed by atoms with Gasteiger partial charge in [0.2, 0.25) is 5.88 Å². The lowest BCUT2D eigenvalue weighted by Crippen LogP contribution is -2.35. The number of thiophene rings is 1. The highest BCUT2D eigenvalue weighted by molar-refractivity contribution is 7.08. The number of aliphatic hydroxyl groups excluding tert-OH is 2. The van der Waals surface area contributed by atoms with Crippen molar-refractivity contribution in [3.8, 4) is 17.0 Å². The molecule has 4 rings (SSSR count). The second-order valence-electron chi connectivity index (χ2n) is 8.37. The van der Waals surface area contributed by atoms with E-state index in [-0.39, 0.29) is 11.5 Å². The molecule has 0 aliphatic carbocycles. The Labute approximate surface area is 195 Å². The molecule has 0 radical (unpaired) electrons. The van der Waals surface area contributed by atoms with Crippen LogP contribution in [0.1, 0.15) is 25.5 Å². The fraction of sp³-hybridized carbons (Fsp3) is 0.240. The number of amides is 1. The van der Waals surface area contributed by atoms with E-state index >= 15 is 0 Å². The molecule has 0 spiro atoms. The van der Waals surface area contributed by atoms with Crippen LogP contribution in [0.2, 0.25) is 0 Å². The number of ketones is 1. The van der Waals surface area contributed by atoms with E-state index in [1.807, 2.05) is 29.0 Å². The van der Waals surface area contributed by atoms with Crippen LogP contribution in [-0.2, 0) is 9.59 Å². The minimum atomic E-state index is -1.20. The van der Waals surface area contributed by atoms with Crippen LogP contribution in [-0.4, -0.2) is 40.6 Å². The van der Waals surface area contributed by atoms with Gasteiger partial charge in [-0.15, -0.1) is 0 Å². The van der Waals surface area contributed by atoms with Crippen molar-refractivity contribution in [1.82, 2.24) is 4.98 Å². The largest absolute Gasteiger partial charge is 0.503 e. The first kappa shape index (κ1) is 22.7. The second-order valence-corrected chi connectivity index (χ2v) is 9.15. The molecule has 3 heterocycles. The van der Waals surface area contributed by atoms with E-state index in [0.717, 1.165) is 11.1 Å². The lowest BCUT2D eigenvalue weighted by atomic mass is 9.81.